The second-order valence-corrected chi connectivity index (χ2v) is 12.7. The van der Waals surface area contributed by atoms with Crippen LogP contribution in [-0.4, -0.2) is 52.0 Å². The van der Waals surface area contributed by atoms with Crippen LogP contribution in [0.4, 0.5) is 19.0 Å². The number of carbonyl (C=O) groups is 2. The molecule has 0 aliphatic carbocycles. The van der Waals surface area contributed by atoms with Gasteiger partial charge in [0.2, 0.25) is 0 Å². The molecule has 2 aromatic heterocycles. The highest BCUT2D eigenvalue weighted by Gasteiger charge is 2.38. The highest BCUT2D eigenvalue weighted by molar-refractivity contribution is 7.09. The largest absolute Gasteiger partial charge is 0.496 e. The second-order valence-electron chi connectivity index (χ2n) is 11.8. The molecule has 3 aromatic rings. The molecule has 12 heteroatoms. The molecule has 0 radical (unpaired) electrons. The summed E-state index contributed by atoms with van der Waals surface area (Å²) in [5.74, 6) is -1.16. The maximum atomic E-state index is 11.9. The first-order valence-electron chi connectivity index (χ1n) is 15.1. The molecule has 1 aliphatic rings. The van der Waals surface area contributed by atoms with Crippen molar-refractivity contribution in [3.05, 3.63) is 68.3 Å². The Balaban J connectivity index is 0.000000707. The van der Waals surface area contributed by atoms with Gasteiger partial charge in [0.05, 0.1) is 24.2 Å². The van der Waals surface area contributed by atoms with Gasteiger partial charge in [-0.25, -0.2) is 14.8 Å². The van der Waals surface area contributed by atoms with Crippen LogP contribution in [0.5, 0.6) is 5.75 Å². The summed E-state index contributed by atoms with van der Waals surface area (Å²) in [7, 11) is 1.72. The SMILES string of the molecule is COc1c(C(C)C)cc(C(CC(=O)O)Cc2csc(CCCc3ccc4c(n3)NCCC4)n2)cc1C(C)C.O=C(O)C(F)(F)F. The minimum Gasteiger partial charge on any atom is -0.496 e. The average molecular weight is 650 g/mol. The van der Waals surface area contributed by atoms with Crippen LogP contribution in [-0.2, 0) is 35.3 Å². The monoisotopic (exact) mass is 649 g/mol. The van der Waals surface area contributed by atoms with E-state index >= 15 is 0 Å². The van der Waals surface area contributed by atoms with Crippen molar-refractivity contribution in [2.75, 3.05) is 19.0 Å². The lowest BCUT2D eigenvalue weighted by Crippen LogP contribution is -2.21. The van der Waals surface area contributed by atoms with Gasteiger partial charge < -0.3 is 20.3 Å². The van der Waals surface area contributed by atoms with E-state index < -0.39 is 18.1 Å². The van der Waals surface area contributed by atoms with Crippen LogP contribution in [0.2, 0.25) is 0 Å². The normalized spacial score (nSPS) is 13.5. The van der Waals surface area contributed by atoms with Gasteiger partial charge in [-0.3, -0.25) is 4.79 Å². The third-order valence-electron chi connectivity index (χ3n) is 7.58. The highest BCUT2D eigenvalue weighted by Crippen LogP contribution is 2.39. The summed E-state index contributed by atoms with van der Waals surface area (Å²) in [6, 6.07) is 8.66. The Morgan fingerprint density at radius 1 is 1.02 bits per heavy atom. The number of alkyl halides is 3. The molecule has 45 heavy (non-hydrogen) atoms. The molecule has 3 heterocycles. The number of fused-ring (bicyclic) bond motifs is 1. The number of nitrogens with one attached hydrogen (secondary N) is 1. The predicted molar refractivity (Wildman–Crippen MR) is 169 cm³/mol. The highest BCUT2D eigenvalue weighted by atomic mass is 32.1. The number of pyridine rings is 1. The number of ether oxygens (including phenoxy) is 1. The molecule has 1 aliphatic heterocycles. The van der Waals surface area contributed by atoms with Gasteiger partial charge in [0.15, 0.2) is 0 Å². The lowest BCUT2D eigenvalue weighted by Gasteiger charge is -2.23. The van der Waals surface area contributed by atoms with Crippen LogP contribution in [0.25, 0.3) is 0 Å². The maximum Gasteiger partial charge on any atom is 0.490 e. The van der Waals surface area contributed by atoms with Gasteiger partial charge in [-0.05, 0) is 84.6 Å². The van der Waals surface area contributed by atoms with Crippen LogP contribution < -0.4 is 10.1 Å². The van der Waals surface area contributed by atoms with Crippen molar-refractivity contribution in [3.63, 3.8) is 0 Å². The fourth-order valence-corrected chi connectivity index (χ4v) is 6.14. The molecule has 0 amide bonds. The van der Waals surface area contributed by atoms with Crippen LogP contribution in [0.1, 0.15) is 103 Å². The fourth-order valence-electron chi connectivity index (χ4n) is 5.29. The molecule has 1 aromatic carbocycles. The number of aliphatic carboxylic acids is 2. The van der Waals surface area contributed by atoms with Crippen molar-refractivity contribution in [1.29, 1.82) is 0 Å². The quantitative estimate of drug-likeness (QED) is 0.182. The lowest BCUT2D eigenvalue weighted by atomic mass is 9.84. The van der Waals surface area contributed by atoms with Gasteiger partial charge in [0.1, 0.15) is 11.6 Å². The van der Waals surface area contributed by atoms with Crippen molar-refractivity contribution in [3.8, 4) is 5.75 Å². The maximum absolute atomic E-state index is 11.9. The first kappa shape index (κ1) is 35.8. The number of hydrogen-bond donors (Lipinski definition) is 3. The van der Waals surface area contributed by atoms with Gasteiger partial charge >= 0.3 is 18.1 Å². The van der Waals surface area contributed by atoms with Gasteiger partial charge in [-0.15, -0.1) is 11.3 Å². The Morgan fingerprint density at radius 3 is 2.22 bits per heavy atom. The molecule has 246 valence electrons. The topological polar surface area (TPSA) is 122 Å². The molecule has 0 spiro atoms. The zero-order valence-corrected chi connectivity index (χ0v) is 27.1. The van der Waals surface area contributed by atoms with E-state index in [0.717, 1.165) is 76.9 Å². The van der Waals surface area contributed by atoms with Crippen molar-refractivity contribution in [2.45, 2.75) is 96.6 Å². The van der Waals surface area contributed by atoms with E-state index in [2.05, 4.69) is 62.7 Å². The zero-order chi connectivity index (χ0) is 33.3. The van der Waals surface area contributed by atoms with Crippen LogP contribution in [0.15, 0.2) is 29.6 Å². The number of carboxylic acids is 2. The summed E-state index contributed by atoms with van der Waals surface area (Å²) in [5.41, 5.74) is 6.74. The molecular weight excluding hydrogens is 607 g/mol. The number of carboxylic acid groups (broad SMARTS) is 2. The van der Waals surface area contributed by atoms with E-state index in [-0.39, 0.29) is 24.2 Å². The van der Waals surface area contributed by atoms with E-state index in [1.54, 1.807) is 18.4 Å². The Labute approximate surface area is 266 Å². The number of halogens is 3. The molecule has 1 atom stereocenters. The second kappa shape index (κ2) is 16.1. The van der Waals surface area contributed by atoms with Crippen molar-refractivity contribution in [1.82, 2.24) is 9.97 Å². The standard InChI is InChI=1S/C31H41N3O3S.C2HF3O2/c1-19(2)26-15-23(16-27(20(3)4)30(26)37-5)22(17-29(35)36)14-25-18-38-28(33-25)10-6-9-24-12-11-21-8-7-13-32-31(21)34-24;3-2(4,5)1(6)7/h11-12,15-16,18-20,22H,6-10,13-14,17H2,1-5H3,(H,32,34)(H,35,36);(H,6,7). The summed E-state index contributed by atoms with van der Waals surface area (Å²) < 4.78 is 37.5. The summed E-state index contributed by atoms with van der Waals surface area (Å²) in [4.78, 5) is 30.5. The third kappa shape index (κ3) is 10.4. The fraction of sp³-hybridized carbons (Fsp3) is 0.515. The van der Waals surface area contributed by atoms with Crippen LogP contribution >= 0.6 is 11.3 Å². The number of hydrogen-bond acceptors (Lipinski definition) is 7. The Hall–Kier alpha value is -3.67. The molecule has 8 nitrogen and oxygen atoms in total. The lowest BCUT2D eigenvalue weighted by molar-refractivity contribution is -0.192. The van der Waals surface area contributed by atoms with E-state index in [9.17, 15) is 23.1 Å². The smallest absolute Gasteiger partial charge is 0.490 e. The van der Waals surface area contributed by atoms with E-state index in [0.29, 0.717) is 6.42 Å². The third-order valence-corrected chi connectivity index (χ3v) is 8.54. The van der Waals surface area contributed by atoms with Gasteiger partial charge in [0, 0.05) is 17.6 Å². The van der Waals surface area contributed by atoms with Crippen molar-refractivity contribution >= 4 is 29.1 Å². The summed E-state index contributed by atoms with van der Waals surface area (Å²) in [5, 5.41) is 23.5. The number of aryl methyl sites for hydroxylation is 3. The Bertz CT molecular complexity index is 1430. The predicted octanol–water partition coefficient (Wildman–Crippen LogP) is 7.76. The number of rotatable bonds is 12. The Kier molecular flexibility index (Phi) is 12.8. The summed E-state index contributed by atoms with van der Waals surface area (Å²) in [6.07, 6.45) is 0.698. The molecule has 0 saturated heterocycles. The van der Waals surface area contributed by atoms with Crippen molar-refractivity contribution < 1.29 is 37.7 Å². The minimum atomic E-state index is -5.08. The number of thiazole rings is 1. The van der Waals surface area contributed by atoms with E-state index in [1.165, 1.54) is 12.0 Å². The first-order valence-corrected chi connectivity index (χ1v) is 16.0. The number of nitrogens with zero attached hydrogens (tertiary/aromatic N) is 2. The van der Waals surface area contributed by atoms with E-state index in [1.807, 2.05) is 0 Å². The number of methoxy groups -OCH3 is 1. The van der Waals surface area contributed by atoms with Crippen molar-refractivity contribution in [2.24, 2.45) is 0 Å². The molecule has 1 unspecified atom stereocenters. The summed E-state index contributed by atoms with van der Waals surface area (Å²) in [6.45, 7) is 9.62. The van der Waals surface area contributed by atoms with Gasteiger partial charge in [-0.1, -0.05) is 45.9 Å². The first-order chi connectivity index (χ1) is 21.2. The molecule has 0 saturated carbocycles. The number of anilines is 1. The number of benzene rings is 1. The van der Waals surface area contributed by atoms with E-state index in [4.69, 9.17) is 24.6 Å². The molecular formula is C33H42F3N3O5S. The minimum absolute atomic E-state index is 0.0757. The molecule has 3 N–H and O–H groups in total. The van der Waals surface area contributed by atoms with Crippen LogP contribution in [0, 0.1) is 0 Å². The molecule has 4 rings (SSSR count). The van der Waals surface area contributed by atoms with Gasteiger partial charge in [-0.2, -0.15) is 13.2 Å². The molecule has 0 fully saturated rings. The average Bonchev–Trinajstić information content (AvgIpc) is 3.42. The molecule has 0 bridgehead atoms. The van der Waals surface area contributed by atoms with Gasteiger partial charge in [0.25, 0.3) is 0 Å². The Morgan fingerprint density at radius 2 is 1.67 bits per heavy atom. The number of aromatic nitrogens is 2. The zero-order valence-electron chi connectivity index (χ0n) is 26.3. The van der Waals surface area contributed by atoms with Crippen LogP contribution in [0.3, 0.4) is 0 Å². The summed E-state index contributed by atoms with van der Waals surface area (Å²) >= 11 is 1.67.